The van der Waals surface area contributed by atoms with Crippen molar-refractivity contribution in [2.45, 2.75) is 45.1 Å². The number of piperidine rings is 1. The van der Waals surface area contributed by atoms with Crippen LogP contribution in [0, 0.1) is 5.92 Å². The Labute approximate surface area is 114 Å². The van der Waals surface area contributed by atoms with Gasteiger partial charge in [-0.05, 0) is 65.1 Å². The Morgan fingerprint density at radius 1 is 1.56 bits per heavy atom. The van der Waals surface area contributed by atoms with Crippen LogP contribution < -0.4 is 10.6 Å². The summed E-state index contributed by atoms with van der Waals surface area (Å²) >= 11 is 1.73. The second-order valence-corrected chi connectivity index (χ2v) is 6.64. The molecule has 1 saturated heterocycles. The molecular formula is C14H25N3S. The van der Waals surface area contributed by atoms with Gasteiger partial charge in [0.2, 0.25) is 0 Å². The third-order valence-corrected chi connectivity index (χ3v) is 4.82. The fourth-order valence-electron chi connectivity index (χ4n) is 2.57. The first-order valence-corrected chi connectivity index (χ1v) is 7.92. The van der Waals surface area contributed by atoms with Gasteiger partial charge in [-0.1, -0.05) is 0 Å². The standard InChI is InChI=1S/C14H25N3S/c1-14(2,13-16-9-10-18-13)17-8-4-6-12-5-3-7-15-11-12/h9-10,12,15,17H,3-8,11H2,1-2H3. The van der Waals surface area contributed by atoms with Gasteiger partial charge in [-0.2, -0.15) is 0 Å². The maximum atomic E-state index is 4.40. The molecule has 1 aliphatic heterocycles. The monoisotopic (exact) mass is 267 g/mol. The molecule has 1 fully saturated rings. The second kappa shape index (κ2) is 6.64. The predicted octanol–water partition coefficient (Wildman–Crippen LogP) is 2.75. The van der Waals surface area contributed by atoms with Gasteiger partial charge in [0, 0.05) is 11.6 Å². The molecule has 2 N–H and O–H groups in total. The number of rotatable bonds is 6. The third-order valence-electron chi connectivity index (χ3n) is 3.72. The van der Waals surface area contributed by atoms with Crippen molar-refractivity contribution in [3.8, 4) is 0 Å². The number of thiazole rings is 1. The van der Waals surface area contributed by atoms with Crippen LogP contribution in [0.5, 0.6) is 0 Å². The molecule has 0 amide bonds. The fraction of sp³-hybridized carbons (Fsp3) is 0.786. The van der Waals surface area contributed by atoms with E-state index in [1.807, 2.05) is 11.6 Å². The van der Waals surface area contributed by atoms with Gasteiger partial charge in [0.15, 0.2) is 0 Å². The molecule has 102 valence electrons. The average molecular weight is 267 g/mol. The first-order valence-electron chi connectivity index (χ1n) is 7.04. The zero-order valence-electron chi connectivity index (χ0n) is 11.5. The minimum absolute atomic E-state index is 0.0129. The number of hydrogen-bond donors (Lipinski definition) is 2. The predicted molar refractivity (Wildman–Crippen MR) is 78.0 cm³/mol. The van der Waals surface area contributed by atoms with Gasteiger partial charge in [0.05, 0.1) is 5.54 Å². The molecule has 0 aromatic carbocycles. The molecule has 0 radical (unpaired) electrons. The molecule has 1 aliphatic rings. The van der Waals surface area contributed by atoms with E-state index < -0.39 is 0 Å². The molecule has 2 rings (SSSR count). The average Bonchev–Trinajstić information content (AvgIpc) is 2.91. The molecule has 3 nitrogen and oxygen atoms in total. The number of aromatic nitrogens is 1. The molecule has 0 aliphatic carbocycles. The number of nitrogens with zero attached hydrogens (tertiary/aromatic N) is 1. The lowest BCUT2D eigenvalue weighted by Crippen LogP contribution is -2.37. The van der Waals surface area contributed by atoms with Crippen molar-refractivity contribution in [2.75, 3.05) is 19.6 Å². The highest BCUT2D eigenvalue weighted by atomic mass is 32.1. The lowest BCUT2D eigenvalue weighted by atomic mass is 9.94. The maximum absolute atomic E-state index is 4.40. The van der Waals surface area contributed by atoms with Crippen LogP contribution in [0.25, 0.3) is 0 Å². The van der Waals surface area contributed by atoms with E-state index in [9.17, 15) is 0 Å². The van der Waals surface area contributed by atoms with Crippen LogP contribution in [0.4, 0.5) is 0 Å². The van der Waals surface area contributed by atoms with Crippen molar-refractivity contribution in [2.24, 2.45) is 5.92 Å². The zero-order valence-corrected chi connectivity index (χ0v) is 12.4. The molecule has 1 aromatic rings. The van der Waals surface area contributed by atoms with Crippen molar-refractivity contribution < 1.29 is 0 Å². The van der Waals surface area contributed by atoms with E-state index in [0.717, 1.165) is 12.5 Å². The third kappa shape index (κ3) is 4.04. The molecular weight excluding hydrogens is 242 g/mol. The Kier molecular flexibility index (Phi) is 5.15. The molecule has 4 heteroatoms. The van der Waals surface area contributed by atoms with E-state index in [2.05, 4.69) is 29.5 Å². The van der Waals surface area contributed by atoms with Crippen molar-refractivity contribution >= 4 is 11.3 Å². The highest BCUT2D eigenvalue weighted by Gasteiger charge is 2.22. The summed E-state index contributed by atoms with van der Waals surface area (Å²) in [6.07, 6.45) is 7.25. The first kappa shape index (κ1) is 14.0. The molecule has 0 bridgehead atoms. The minimum Gasteiger partial charge on any atom is -0.316 e. The fourth-order valence-corrected chi connectivity index (χ4v) is 3.31. The van der Waals surface area contributed by atoms with Crippen LogP contribution in [-0.4, -0.2) is 24.6 Å². The molecule has 0 spiro atoms. The summed E-state index contributed by atoms with van der Waals surface area (Å²) in [7, 11) is 0. The highest BCUT2D eigenvalue weighted by Crippen LogP contribution is 2.22. The molecule has 1 atom stereocenters. The van der Waals surface area contributed by atoms with Crippen molar-refractivity contribution in [3.05, 3.63) is 16.6 Å². The quantitative estimate of drug-likeness (QED) is 0.778. The largest absolute Gasteiger partial charge is 0.316 e. The molecule has 18 heavy (non-hydrogen) atoms. The summed E-state index contributed by atoms with van der Waals surface area (Å²) in [6.45, 7) is 7.95. The molecule has 1 aromatic heterocycles. The summed E-state index contributed by atoms with van der Waals surface area (Å²) in [6, 6.07) is 0. The first-order chi connectivity index (χ1) is 8.68. The van der Waals surface area contributed by atoms with Gasteiger partial charge in [0.1, 0.15) is 5.01 Å². The summed E-state index contributed by atoms with van der Waals surface area (Å²) < 4.78 is 0. The van der Waals surface area contributed by atoms with E-state index in [0.29, 0.717) is 0 Å². The van der Waals surface area contributed by atoms with E-state index in [1.54, 1.807) is 11.3 Å². The maximum Gasteiger partial charge on any atom is 0.112 e. The van der Waals surface area contributed by atoms with Gasteiger partial charge in [0.25, 0.3) is 0 Å². The Hall–Kier alpha value is -0.450. The van der Waals surface area contributed by atoms with Gasteiger partial charge in [-0.15, -0.1) is 11.3 Å². The van der Waals surface area contributed by atoms with Gasteiger partial charge >= 0.3 is 0 Å². The SMILES string of the molecule is CC(C)(NCCCC1CCCNC1)c1nccs1. The summed E-state index contributed by atoms with van der Waals surface area (Å²) in [5.74, 6) is 0.892. The van der Waals surface area contributed by atoms with Crippen molar-refractivity contribution in [1.82, 2.24) is 15.6 Å². The van der Waals surface area contributed by atoms with Gasteiger partial charge in [-0.3, -0.25) is 0 Å². The van der Waals surface area contributed by atoms with Gasteiger partial charge < -0.3 is 10.6 Å². The molecule has 1 unspecified atom stereocenters. The normalized spacial score (nSPS) is 21.1. The number of nitrogens with one attached hydrogen (secondary N) is 2. The number of hydrogen-bond acceptors (Lipinski definition) is 4. The van der Waals surface area contributed by atoms with E-state index in [4.69, 9.17) is 0 Å². The molecule has 2 heterocycles. The van der Waals surface area contributed by atoms with Crippen molar-refractivity contribution in [1.29, 1.82) is 0 Å². The Bertz CT molecular complexity index is 329. The summed E-state index contributed by atoms with van der Waals surface area (Å²) in [5, 5.41) is 10.3. The minimum atomic E-state index is 0.0129. The second-order valence-electron chi connectivity index (χ2n) is 5.74. The van der Waals surface area contributed by atoms with Crippen molar-refractivity contribution in [3.63, 3.8) is 0 Å². The van der Waals surface area contributed by atoms with Crippen LogP contribution in [0.3, 0.4) is 0 Å². The smallest absolute Gasteiger partial charge is 0.112 e. The lowest BCUT2D eigenvalue weighted by molar-refractivity contribution is 0.332. The Balaban J connectivity index is 1.65. The highest BCUT2D eigenvalue weighted by molar-refractivity contribution is 7.09. The van der Waals surface area contributed by atoms with Gasteiger partial charge in [-0.25, -0.2) is 4.98 Å². The Morgan fingerprint density at radius 3 is 3.11 bits per heavy atom. The zero-order chi connectivity index (χ0) is 12.8. The Morgan fingerprint density at radius 2 is 2.44 bits per heavy atom. The van der Waals surface area contributed by atoms with Crippen LogP contribution in [0.15, 0.2) is 11.6 Å². The summed E-state index contributed by atoms with van der Waals surface area (Å²) in [4.78, 5) is 4.40. The van der Waals surface area contributed by atoms with Crippen LogP contribution >= 0.6 is 11.3 Å². The lowest BCUT2D eigenvalue weighted by Gasteiger charge is -2.26. The van der Waals surface area contributed by atoms with Crippen LogP contribution in [-0.2, 0) is 5.54 Å². The van der Waals surface area contributed by atoms with E-state index in [-0.39, 0.29) is 5.54 Å². The molecule has 0 saturated carbocycles. The van der Waals surface area contributed by atoms with E-state index >= 15 is 0 Å². The van der Waals surface area contributed by atoms with Crippen LogP contribution in [0.2, 0.25) is 0 Å². The van der Waals surface area contributed by atoms with Crippen LogP contribution in [0.1, 0.15) is 44.5 Å². The topological polar surface area (TPSA) is 37.0 Å². The van der Waals surface area contributed by atoms with E-state index in [1.165, 1.54) is 43.8 Å². The summed E-state index contributed by atoms with van der Waals surface area (Å²) in [5.41, 5.74) is 0.0129.